The van der Waals surface area contributed by atoms with Crippen LogP contribution >= 0.6 is 0 Å². The van der Waals surface area contributed by atoms with Crippen LogP contribution in [0.5, 0.6) is 0 Å². The number of rotatable bonds is 5. The highest BCUT2D eigenvalue weighted by Gasteiger charge is 2.26. The van der Waals surface area contributed by atoms with Crippen molar-refractivity contribution < 1.29 is 5.11 Å². The van der Waals surface area contributed by atoms with Gasteiger partial charge < -0.3 is 15.3 Å². The van der Waals surface area contributed by atoms with E-state index in [-0.39, 0.29) is 6.61 Å². The summed E-state index contributed by atoms with van der Waals surface area (Å²) in [5, 5.41) is 12.8. The number of hydrogen-bond acceptors (Lipinski definition) is 3. The van der Waals surface area contributed by atoms with Gasteiger partial charge in [-0.15, -0.1) is 0 Å². The highest BCUT2D eigenvalue weighted by molar-refractivity contribution is 4.86. The van der Waals surface area contributed by atoms with Crippen molar-refractivity contribution in [3.05, 3.63) is 0 Å². The van der Waals surface area contributed by atoms with E-state index in [0.717, 1.165) is 12.5 Å². The zero-order chi connectivity index (χ0) is 10.7. The average Bonchev–Trinajstić information content (AvgIpc) is 3.04. The molecule has 2 fully saturated rings. The van der Waals surface area contributed by atoms with E-state index in [1.807, 2.05) is 0 Å². The number of likely N-dealkylation sites (tertiary alicyclic amines) is 1. The molecule has 0 aromatic rings. The van der Waals surface area contributed by atoms with Crippen LogP contribution in [0.3, 0.4) is 0 Å². The van der Waals surface area contributed by atoms with Gasteiger partial charge in [-0.05, 0) is 44.7 Å². The first-order valence-corrected chi connectivity index (χ1v) is 6.37. The Kier molecular flexibility index (Phi) is 4.00. The lowest BCUT2D eigenvalue weighted by Gasteiger charge is -2.32. The highest BCUT2D eigenvalue weighted by atomic mass is 16.3. The molecule has 2 rings (SSSR count). The smallest absolute Gasteiger partial charge is 0.0597 e. The van der Waals surface area contributed by atoms with E-state index in [4.69, 9.17) is 0 Å². The number of nitrogens with zero attached hydrogens (tertiary/aromatic N) is 1. The first-order valence-electron chi connectivity index (χ1n) is 6.37. The summed E-state index contributed by atoms with van der Waals surface area (Å²) in [6, 6.07) is 0.997. The summed E-state index contributed by atoms with van der Waals surface area (Å²) in [5.41, 5.74) is 0. The Morgan fingerprint density at radius 1 is 1.27 bits per heavy atom. The van der Waals surface area contributed by atoms with Crippen LogP contribution in [-0.2, 0) is 0 Å². The zero-order valence-corrected chi connectivity index (χ0v) is 9.78. The molecule has 3 heteroatoms. The van der Waals surface area contributed by atoms with Crippen molar-refractivity contribution >= 4 is 0 Å². The predicted octanol–water partition coefficient (Wildman–Crippen LogP) is 0.831. The number of aliphatic hydroxyl groups is 1. The molecule has 88 valence electrons. The fraction of sp³-hybridized carbons (Fsp3) is 1.00. The maximum atomic E-state index is 9.30. The Morgan fingerprint density at radius 3 is 2.47 bits per heavy atom. The maximum absolute atomic E-state index is 9.30. The second kappa shape index (κ2) is 5.28. The minimum atomic E-state index is 0.280. The second-order valence-electron chi connectivity index (χ2n) is 5.30. The second-order valence-corrected chi connectivity index (χ2v) is 5.30. The van der Waals surface area contributed by atoms with Gasteiger partial charge in [0.15, 0.2) is 0 Å². The van der Waals surface area contributed by atoms with E-state index in [0.29, 0.717) is 12.1 Å². The summed E-state index contributed by atoms with van der Waals surface area (Å²) in [7, 11) is 0. The molecule has 0 aromatic carbocycles. The van der Waals surface area contributed by atoms with E-state index in [9.17, 15) is 5.11 Å². The van der Waals surface area contributed by atoms with E-state index in [1.165, 1.54) is 38.8 Å². The Bertz CT molecular complexity index is 186. The lowest BCUT2D eigenvalue weighted by Crippen LogP contribution is -2.46. The number of aliphatic hydroxyl groups excluding tert-OH is 1. The molecule has 0 radical (unpaired) electrons. The Balaban J connectivity index is 1.68. The Morgan fingerprint density at radius 2 is 1.93 bits per heavy atom. The van der Waals surface area contributed by atoms with Crippen molar-refractivity contribution in [2.45, 2.75) is 44.7 Å². The van der Waals surface area contributed by atoms with Gasteiger partial charge in [-0.25, -0.2) is 0 Å². The minimum Gasteiger partial charge on any atom is -0.395 e. The van der Waals surface area contributed by atoms with Gasteiger partial charge in [-0.3, -0.25) is 0 Å². The first-order chi connectivity index (χ1) is 7.28. The molecule has 0 bridgehead atoms. The molecule has 1 saturated carbocycles. The fourth-order valence-electron chi connectivity index (χ4n) is 2.30. The molecule has 1 heterocycles. The van der Waals surface area contributed by atoms with Crippen LogP contribution in [0, 0.1) is 5.92 Å². The van der Waals surface area contributed by atoms with Crippen LogP contribution in [0.1, 0.15) is 32.6 Å². The SMILES string of the molecule is CC1CCN(CC(CO)NC2CC2)CC1. The summed E-state index contributed by atoms with van der Waals surface area (Å²) in [4.78, 5) is 2.50. The molecule has 1 atom stereocenters. The fourth-order valence-corrected chi connectivity index (χ4v) is 2.30. The third-order valence-electron chi connectivity index (χ3n) is 3.62. The van der Waals surface area contributed by atoms with Gasteiger partial charge in [0.25, 0.3) is 0 Å². The van der Waals surface area contributed by atoms with Gasteiger partial charge in [0, 0.05) is 18.6 Å². The minimum absolute atomic E-state index is 0.280. The molecular formula is C12H24N2O. The lowest BCUT2D eigenvalue weighted by molar-refractivity contribution is 0.145. The van der Waals surface area contributed by atoms with Gasteiger partial charge >= 0.3 is 0 Å². The maximum Gasteiger partial charge on any atom is 0.0597 e. The standard InChI is InChI=1S/C12H24N2O/c1-10-4-6-14(7-5-10)8-12(9-15)13-11-2-3-11/h10-13,15H,2-9H2,1H3. The molecule has 1 unspecified atom stereocenters. The molecular weight excluding hydrogens is 188 g/mol. The Hall–Kier alpha value is -0.120. The molecule has 15 heavy (non-hydrogen) atoms. The predicted molar refractivity (Wildman–Crippen MR) is 61.9 cm³/mol. The monoisotopic (exact) mass is 212 g/mol. The summed E-state index contributed by atoms with van der Waals surface area (Å²) >= 11 is 0. The molecule has 0 spiro atoms. The molecule has 1 aliphatic heterocycles. The molecule has 0 amide bonds. The molecule has 0 aromatic heterocycles. The van der Waals surface area contributed by atoms with E-state index in [2.05, 4.69) is 17.1 Å². The molecule has 1 saturated heterocycles. The summed E-state index contributed by atoms with van der Waals surface area (Å²) in [5.74, 6) is 0.894. The molecule has 1 aliphatic carbocycles. The largest absolute Gasteiger partial charge is 0.395 e. The Labute approximate surface area is 92.8 Å². The van der Waals surface area contributed by atoms with Gasteiger partial charge in [-0.1, -0.05) is 6.92 Å². The van der Waals surface area contributed by atoms with Crippen molar-refractivity contribution in [2.75, 3.05) is 26.2 Å². The van der Waals surface area contributed by atoms with E-state index in [1.54, 1.807) is 0 Å². The average molecular weight is 212 g/mol. The van der Waals surface area contributed by atoms with Crippen LogP contribution in [0.15, 0.2) is 0 Å². The number of hydrogen-bond donors (Lipinski definition) is 2. The highest BCUT2D eigenvalue weighted by Crippen LogP contribution is 2.20. The third kappa shape index (κ3) is 3.74. The van der Waals surface area contributed by atoms with Gasteiger partial charge in [0.2, 0.25) is 0 Å². The summed E-state index contributed by atoms with van der Waals surface area (Å²) < 4.78 is 0. The van der Waals surface area contributed by atoms with Crippen molar-refractivity contribution in [3.8, 4) is 0 Å². The van der Waals surface area contributed by atoms with Crippen molar-refractivity contribution in [1.29, 1.82) is 0 Å². The quantitative estimate of drug-likeness (QED) is 0.708. The van der Waals surface area contributed by atoms with Crippen molar-refractivity contribution in [1.82, 2.24) is 10.2 Å². The van der Waals surface area contributed by atoms with Crippen LogP contribution in [0.4, 0.5) is 0 Å². The molecule has 3 nitrogen and oxygen atoms in total. The van der Waals surface area contributed by atoms with E-state index >= 15 is 0 Å². The van der Waals surface area contributed by atoms with Crippen LogP contribution in [0.2, 0.25) is 0 Å². The number of nitrogens with one attached hydrogen (secondary N) is 1. The van der Waals surface area contributed by atoms with Crippen molar-refractivity contribution in [2.24, 2.45) is 5.92 Å². The topological polar surface area (TPSA) is 35.5 Å². The summed E-state index contributed by atoms with van der Waals surface area (Å²) in [6.45, 7) is 6.07. The normalized spacial score (nSPS) is 26.8. The van der Waals surface area contributed by atoms with E-state index < -0.39 is 0 Å². The molecule has 2 aliphatic rings. The first kappa shape index (κ1) is 11.4. The third-order valence-corrected chi connectivity index (χ3v) is 3.62. The van der Waals surface area contributed by atoms with Gasteiger partial charge in [-0.2, -0.15) is 0 Å². The van der Waals surface area contributed by atoms with Gasteiger partial charge in [0.05, 0.1) is 6.61 Å². The number of piperidine rings is 1. The van der Waals surface area contributed by atoms with Crippen LogP contribution in [-0.4, -0.2) is 48.3 Å². The summed E-state index contributed by atoms with van der Waals surface area (Å²) in [6.07, 6.45) is 5.24. The zero-order valence-electron chi connectivity index (χ0n) is 9.78. The molecule has 2 N–H and O–H groups in total. The van der Waals surface area contributed by atoms with Crippen molar-refractivity contribution in [3.63, 3.8) is 0 Å². The lowest BCUT2D eigenvalue weighted by atomic mass is 9.99. The van der Waals surface area contributed by atoms with Crippen LogP contribution in [0.25, 0.3) is 0 Å². The van der Waals surface area contributed by atoms with Gasteiger partial charge in [0.1, 0.15) is 0 Å². The van der Waals surface area contributed by atoms with Crippen LogP contribution < -0.4 is 5.32 Å².